The molecule has 0 spiro atoms. The van der Waals surface area contributed by atoms with Gasteiger partial charge < -0.3 is 19.7 Å². The number of anilines is 1. The molecular weight excluding hydrogens is 527 g/mol. The number of hydrogen-bond donors (Lipinski definition) is 1. The average Bonchev–Trinajstić information content (AvgIpc) is 3.31. The summed E-state index contributed by atoms with van der Waals surface area (Å²) in [6.07, 6.45) is 7.44. The van der Waals surface area contributed by atoms with Crippen molar-refractivity contribution in [1.82, 2.24) is 24.3 Å². The van der Waals surface area contributed by atoms with Crippen LogP contribution in [0.3, 0.4) is 0 Å². The zero-order valence-corrected chi connectivity index (χ0v) is 23.4. The lowest BCUT2D eigenvalue weighted by atomic mass is 10.1. The van der Waals surface area contributed by atoms with Crippen LogP contribution in [0.5, 0.6) is 0 Å². The van der Waals surface area contributed by atoms with Gasteiger partial charge in [0.1, 0.15) is 11.0 Å². The largest absolute Gasteiger partial charge is 0.353 e. The van der Waals surface area contributed by atoms with Gasteiger partial charge in [-0.15, -0.1) is 0 Å². The minimum atomic E-state index is -0.236. The molecule has 5 rings (SSSR count). The standard InChI is InChI=1S/C31H34ClFN6O/c1-2-3-16-38(30(40)24-10-13-29(32)34-21-24)20-19-37-17-14-26(15-18-37)35-31-36-27-6-4-5-7-28(27)39(31)22-23-8-11-25(33)12-9-23/h2-13,21,26H,14-20,22H2,1H3,(H,35,36)/b3-2+. The van der Waals surface area contributed by atoms with Gasteiger partial charge in [-0.3, -0.25) is 4.79 Å². The van der Waals surface area contributed by atoms with E-state index in [1.807, 2.05) is 54.3 Å². The van der Waals surface area contributed by atoms with Gasteiger partial charge in [-0.05, 0) is 61.7 Å². The Morgan fingerprint density at radius 1 is 1.12 bits per heavy atom. The molecule has 4 aromatic rings. The van der Waals surface area contributed by atoms with E-state index in [9.17, 15) is 9.18 Å². The van der Waals surface area contributed by atoms with E-state index in [-0.39, 0.29) is 11.7 Å². The summed E-state index contributed by atoms with van der Waals surface area (Å²) in [7, 11) is 0. The van der Waals surface area contributed by atoms with Crippen molar-refractivity contribution >= 4 is 34.5 Å². The molecule has 1 amide bonds. The molecular formula is C31H34ClFN6O. The van der Waals surface area contributed by atoms with E-state index in [2.05, 4.69) is 25.8 Å². The zero-order valence-electron chi connectivity index (χ0n) is 22.6. The number of rotatable bonds is 10. The number of amides is 1. The van der Waals surface area contributed by atoms with Crippen LogP contribution in [0.4, 0.5) is 10.3 Å². The highest BCUT2D eigenvalue weighted by Crippen LogP contribution is 2.24. The van der Waals surface area contributed by atoms with E-state index in [4.69, 9.17) is 16.6 Å². The number of benzene rings is 2. The fourth-order valence-corrected chi connectivity index (χ4v) is 5.17. The normalized spacial score (nSPS) is 14.7. The Labute approximate surface area is 239 Å². The molecule has 1 fully saturated rings. The summed E-state index contributed by atoms with van der Waals surface area (Å²) >= 11 is 5.90. The van der Waals surface area contributed by atoms with Gasteiger partial charge in [-0.1, -0.05) is 48.0 Å². The van der Waals surface area contributed by atoms with E-state index in [1.165, 1.54) is 18.3 Å². The van der Waals surface area contributed by atoms with Gasteiger partial charge in [0.25, 0.3) is 5.91 Å². The Hall–Kier alpha value is -3.75. The number of hydrogen-bond acceptors (Lipinski definition) is 5. The van der Waals surface area contributed by atoms with Crippen LogP contribution < -0.4 is 5.32 Å². The number of halogens is 2. The van der Waals surface area contributed by atoms with Crippen LogP contribution in [0.25, 0.3) is 11.0 Å². The SMILES string of the molecule is C/C=C/CN(CCN1CCC(Nc2nc3ccccc3n2Cc2ccc(F)cc2)CC1)C(=O)c1ccc(Cl)nc1. The van der Waals surface area contributed by atoms with Gasteiger partial charge in [0.2, 0.25) is 5.95 Å². The summed E-state index contributed by atoms with van der Waals surface area (Å²) in [5, 5.41) is 4.06. The van der Waals surface area contributed by atoms with Crippen molar-refractivity contribution < 1.29 is 9.18 Å². The van der Waals surface area contributed by atoms with Crippen molar-refractivity contribution in [1.29, 1.82) is 0 Å². The Balaban J connectivity index is 1.19. The Morgan fingerprint density at radius 2 is 1.90 bits per heavy atom. The van der Waals surface area contributed by atoms with Gasteiger partial charge in [0, 0.05) is 45.0 Å². The minimum Gasteiger partial charge on any atom is -0.353 e. The van der Waals surface area contributed by atoms with Crippen molar-refractivity contribution in [3.63, 3.8) is 0 Å². The van der Waals surface area contributed by atoms with Gasteiger partial charge in [0.15, 0.2) is 0 Å². The number of imidazole rings is 1. The van der Waals surface area contributed by atoms with E-state index < -0.39 is 0 Å². The molecule has 2 aromatic heterocycles. The van der Waals surface area contributed by atoms with Crippen molar-refractivity contribution in [3.8, 4) is 0 Å². The highest BCUT2D eigenvalue weighted by atomic mass is 35.5. The van der Waals surface area contributed by atoms with Crippen LogP contribution >= 0.6 is 11.6 Å². The second-order valence-corrected chi connectivity index (χ2v) is 10.5. The molecule has 0 radical (unpaired) electrons. The topological polar surface area (TPSA) is 66.3 Å². The fraction of sp³-hybridized carbons (Fsp3) is 0.323. The molecule has 0 bridgehead atoms. The molecule has 1 aliphatic heterocycles. The third-order valence-corrected chi connectivity index (χ3v) is 7.56. The number of likely N-dealkylation sites (tertiary alicyclic amines) is 1. The first-order valence-electron chi connectivity index (χ1n) is 13.7. The highest BCUT2D eigenvalue weighted by Gasteiger charge is 2.23. The maximum Gasteiger partial charge on any atom is 0.255 e. The summed E-state index contributed by atoms with van der Waals surface area (Å²) in [4.78, 5) is 26.3. The van der Waals surface area contributed by atoms with E-state index >= 15 is 0 Å². The number of allylic oxidation sites excluding steroid dienone is 1. The number of piperidine rings is 1. The van der Waals surface area contributed by atoms with Crippen LogP contribution in [0.2, 0.25) is 5.15 Å². The van der Waals surface area contributed by atoms with Crippen molar-refractivity contribution in [2.45, 2.75) is 32.4 Å². The van der Waals surface area contributed by atoms with Gasteiger partial charge >= 0.3 is 0 Å². The number of carbonyl (C=O) groups is 1. The van der Waals surface area contributed by atoms with Crippen LogP contribution in [-0.2, 0) is 6.54 Å². The summed E-state index contributed by atoms with van der Waals surface area (Å²) in [5.41, 5.74) is 3.55. The first-order valence-corrected chi connectivity index (χ1v) is 14.1. The number of carbonyl (C=O) groups excluding carboxylic acids is 1. The van der Waals surface area contributed by atoms with E-state index in [1.54, 1.807) is 12.1 Å². The molecule has 40 heavy (non-hydrogen) atoms. The number of aromatic nitrogens is 3. The number of fused-ring (bicyclic) bond motifs is 1. The quantitative estimate of drug-likeness (QED) is 0.194. The van der Waals surface area contributed by atoms with Gasteiger partial charge in [-0.2, -0.15) is 0 Å². The lowest BCUT2D eigenvalue weighted by Gasteiger charge is -2.34. The second kappa shape index (κ2) is 13.1. The lowest BCUT2D eigenvalue weighted by molar-refractivity contribution is 0.0747. The van der Waals surface area contributed by atoms with Gasteiger partial charge in [-0.25, -0.2) is 14.4 Å². The molecule has 0 unspecified atom stereocenters. The molecule has 208 valence electrons. The number of nitrogens with one attached hydrogen (secondary N) is 1. The third kappa shape index (κ3) is 6.87. The number of pyridine rings is 1. The van der Waals surface area contributed by atoms with Crippen molar-refractivity contribution in [2.24, 2.45) is 0 Å². The summed E-state index contributed by atoms with van der Waals surface area (Å²) in [5.74, 6) is 0.559. The van der Waals surface area contributed by atoms with Gasteiger partial charge in [0.05, 0.1) is 23.1 Å². The second-order valence-electron chi connectivity index (χ2n) is 10.1. The first kappa shape index (κ1) is 27.8. The Kier molecular flexibility index (Phi) is 9.08. The molecule has 2 aromatic carbocycles. The molecule has 7 nitrogen and oxygen atoms in total. The maximum absolute atomic E-state index is 13.5. The molecule has 3 heterocycles. The van der Waals surface area contributed by atoms with Crippen LogP contribution in [0.1, 0.15) is 35.7 Å². The Morgan fingerprint density at radius 3 is 2.62 bits per heavy atom. The van der Waals surface area contributed by atoms with Crippen LogP contribution in [0, 0.1) is 5.82 Å². The number of para-hydroxylation sites is 2. The monoisotopic (exact) mass is 560 g/mol. The van der Waals surface area contributed by atoms with Crippen LogP contribution in [-0.4, -0.2) is 69.0 Å². The minimum absolute atomic E-state index is 0.0427. The first-order chi connectivity index (χ1) is 19.5. The third-order valence-electron chi connectivity index (χ3n) is 7.34. The highest BCUT2D eigenvalue weighted by molar-refractivity contribution is 6.29. The van der Waals surface area contributed by atoms with Crippen molar-refractivity contribution in [2.75, 3.05) is 38.0 Å². The summed E-state index contributed by atoms with van der Waals surface area (Å²) in [6, 6.07) is 18.4. The zero-order chi connectivity index (χ0) is 27.9. The van der Waals surface area contributed by atoms with Crippen molar-refractivity contribution in [3.05, 3.63) is 101 Å². The maximum atomic E-state index is 13.5. The smallest absolute Gasteiger partial charge is 0.255 e. The number of nitrogens with zero attached hydrogens (tertiary/aromatic N) is 5. The molecule has 0 aliphatic carbocycles. The molecule has 1 aliphatic rings. The molecule has 9 heteroatoms. The molecule has 0 atom stereocenters. The fourth-order valence-electron chi connectivity index (χ4n) is 5.06. The lowest BCUT2D eigenvalue weighted by Crippen LogP contribution is -2.44. The average molecular weight is 561 g/mol. The summed E-state index contributed by atoms with van der Waals surface area (Å²) in [6.45, 7) is 6.44. The Bertz CT molecular complexity index is 1450. The molecule has 1 saturated heterocycles. The predicted molar refractivity (Wildman–Crippen MR) is 158 cm³/mol. The molecule has 0 saturated carbocycles. The predicted octanol–water partition coefficient (Wildman–Crippen LogP) is 5.87. The van der Waals surface area contributed by atoms with Crippen LogP contribution in [0.15, 0.2) is 79.0 Å². The van der Waals surface area contributed by atoms with E-state index in [0.29, 0.717) is 36.4 Å². The summed E-state index contributed by atoms with van der Waals surface area (Å²) < 4.78 is 15.6. The van der Waals surface area contributed by atoms with E-state index in [0.717, 1.165) is 55.0 Å². The molecule has 1 N–H and O–H groups in total.